The average Bonchev–Trinajstić information content (AvgIpc) is 3.14. The fourth-order valence-corrected chi connectivity index (χ4v) is 3.79. The second-order valence-corrected chi connectivity index (χ2v) is 7.30. The third kappa shape index (κ3) is 5.27. The molecule has 2 amide bonds. The van der Waals surface area contributed by atoms with Crippen molar-refractivity contribution >= 4 is 11.8 Å². The van der Waals surface area contributed by atoms with Crippen molar-refractivity contribution in [2.24, 2.45) is 5.92 Å². The molecule has 0 spiro atoms. The van der Waals surface area contributed by atoms with Crippen molar-refractivity contribution in [2.45, 2.75) is 32.1 Å². The van der Waals surface area contributed by atoms with Crippen LogP contribution in [0.1, 0.15) is 31.2 Å². The number of benzene rings is 1. The third-order valence-electron chi connectivity index (χ3n) is 5.36. The lowest BCUT2D eigenvalue weighted by Crippen LogP contribution is -2.47. The van der Waals surface area contributed by atoms with E-state index in [1.807, 2.05) is 6.07 Å². The van der Waals surface area contributed by atoms with E-state index in [1.165, 1.54) is 25.0 Å². The van der Waals surface area contributed by atoms with Gasteiger partial charge in [-0.2, -0.15) is 0 Å². The zero-order chi connectivity index (χ0) is 18.4. The number of hydrogen-bond donors (Lipinski definition) is 1. The number of rotatable bonds is 7. The molecule has 1 aromatic rings. The summed E-state index contributed by atoms with van der Waals surface area (Å²) in [5.74, 6) is -0.267. The molecule has 2 fully saturated rings. The average molecular weight is 361 g/mol. The highest BCUT2D eigenvalue weighted by Gasteiger charge is 2.29. The normalized spacial score (nSPS) is 21.2. The van der Waals surface area contributed by atoms with Crippen LogP contribution in [-0.4, -0.2) is 60.9 Å². The van der Waals surface area contributed by atoms with E-state index >= 15 is 0 Å². The summed E-state index contributed by atoms with van der Waals surface area (Å²) in [6.45, 7) is 4.82. The molecular formula is C20H28FN3O2. The summed E-state index contributed by atoms with van der Waals surface area (Å²) >= 11 is 0. The maximum Gasteiger partial charge on any atom is 0.224 e. The summed E-state index contributed by atoms with van der Waals surface area (Å²) in [5.41, 5.74) is 0.870. The van der Waals surface area contributed by atoms with Gasteiger partial charge >= 0.3 is 0 Å². The summed E-state index contributed by atoms with van der Waals surface area (Å²) in [7, 11) is 0. The van der Waals surface area contributed by atoms with Gasteiger partial charge in [0.2, 0.25) is 11.8 Å². The van der Waals surface area contributed by atoms with E-state index in [1.54, 1.807) is 11.0 Å². The van der Waals surface area contributed by atoms with Gasteiger partial charge < -0.3 is 15.1 Å². The van der Waals surface area contributed by atoms with Gasteiger partial charge in [0.15, 0.2) is 0 Å². The first-order chi connectivity index (χ1) is 12.6. The van der Waals surface area contributed by atoms with E-state index in [4.69, 9.17) is 0 Å². The third-order valence-corrected chi connectivity index (χ3v) is 5.36. The van der Waals surface area contributed by atoms with Gasteiger partial charge in [0.05, 0.1) is 5.92 Å². The zero-order valence-electron chi connectivity index (χ0n) is 15.3. The lowest BCUT2D eigenvalue weighted by atomic mass is 9.96. The van der Waals surface area contributed by atoms with Gasteiger partial charge in [-0.05, 0) is 56.5 Å². The number of nitrogens with one attached hydrogen (secondary N) is 1. The van der Waals surface area contributed by atoms with E-state index in [9.17, 15) is 14.0 Å². The van der Waals surface area contributed by atoms with E-state index in [-0.39, 0.29) is 23.5 Å². The minimum absolute atomic E-state index is 0.0486. The molecule has 0 radical (unpaired) electrons. The lowest BCUT2D eigenvalue weighted by molar-refractivity contribution is -0.138. The smallest absolute Gasteiger partial charge is 0.224 e. The number of hydrogen-bond acceptors (Lipinski definition) is 3. The minimum Gasteiger partial charge on any atom is -0.355 e. The number of likely N-dealkylation sites (tertiary alicyclic amines) is 2. The van der Waals surface area contributed by atoms with E-state index in [2.05, 4.69) is 10.2 Å². The molecule has 1 atom stereocenters. The molecule has 142 valence electrons. The second kappa shape index (κ2) is 9.12. The van der Waals surface area contributed by atoms with Crippen LogP contribution in [0.2, 0.25) is 0 Å². The van der Waals surface area contributed by atoms with Crippen molar-refractivity contribution in [1.82, 2.24) is 15.1 Å². The molecule has 1 aromatic carbocycles. The number of halogens is 1. The van der Waals surface area contributed by atoms with Crippen LogP contribution in [0.15, 0.2) is 24.3 Å². The predicted octanol–water partition coefficient (Wildman–Crippen LogP) is 1.82. The van der Waals surface area contributed by atoms with Crippen LogP contribution < -0.4 is 5.32 Å². The Hall–Kier alpha value is -1.95. The summed E-state index contributed by atoms with van der Waals surface area (Å²) in [6.07, 6.45) is 4.13. The van der Waals surface area contributed by atoms with Gasteiger partial charge in [0.1, 0.15) is 5.82 Å². The number of piperidine rings is 1. The van der Waals surface area contributed by atoms with Crippen molar-refractivity contribution in [3.63, 3.8) is 0 Å². The second-order valence-electron chi connectivity index (χ2n) is 7.30. The highest BCUT2D eigenvalue weighted by molar-refractivity contribution is 5.83. The Bertz CT molecular complexity index is 631. The highest BCUT2D eigenvalue weighted by Crippen LogP contribution is 2.18. The molecule has 2 heterocycles. The summed E-state index contributed by atoms with van der Waals surface area (Å²) in [4.78, 5) is 28.7. The maximum absolute atomic E-state index is 13.3. The molecular weight excluding hydrogens is 333 g/mol. The van der Waals surface area contributed by atoms with Crippen molar-refractivity contribution in [3.05, 3.63) is 35.6 Å². The summed E-state index contributed by atoms with van der Waals surface area (Å²) in [6, 6.07) is 6.45. The Morgan fingerprint density at radius 3 is 2.81 bits per heavy atom. The zero-order valence-corrected chi connectivity index (χ0v) is 15.3. The van der Waals surface area contributed by atoms with Crippen molar-refractivity contribution in [3.8, 4) is 0 Å². The van der Waals surface area contributed by atoms with E-state index < -0.39 is 0 Å². The quantitative estimate of drug-likeness (QED) is 0.806. The van der Waals surface area contributed by atoms with Gasteiger partial charge in [-0.25, -0.2) is 4.39 Å². The first-order valence-corrected chi connectivity index (χ1v) is 9.64. The van der Waals surface area contributed by atoms with Gasteiger partial charge in [0.25, 0.3) is 0 Å². The molecule has 6 heteroatoms. The SMILES string of the molecule is O=C(NCCN1CCCC1)C1CCC(=O)N(CCc2cccc(F)c2)C1. The molecule has 26 heavy (non-hydrogen) atoms. The number of carbonyl (C=O) groups excluding carboxylic acids is 2. The standard InChI is InChI=1S/C20H28FN3O2/c21-18-5-3-4-16(14-18)8-12-24-15-17(6-7-19(24)25)20(26)22-9-13-23-10-1-2-11-23/h3-5,14,17H,1-2,6-13,15H2,(H,22,26). The highest BCUT2D eigenvalue weighted by atomic mass is 19.1. The molecule has 1 unspecified atom stereocenters. The molecule has 0 aromatic heterocycles. The Labute approximate surface area is 154 Å². The van der Waals surface area contributed by atoms with Crippen LogP contribution in [0.5, 0.6) is 0 Å². The van der Waals surface area contributed by atoms with Gasteiger partial charge in [-0.15, -0.1) is 0 Å². The van der Waals surface area contributed by atoms with Crippen LogP contribution in [0.4, 0.5) is 4.39 Å². The molecule has 5 nitrogen and oxygen atoms in total. The molecule has 0 saturated carbocycles. The maximum atomic E-state index is 13.3. The predicted molar refractivity (Wildman–Crippen MR) is 98.1 cm³/mol. The van der Waals surface area contributed by atoms with Crippen LogP contribution in [0.25, 0.3) is 0 Å². The lowest BCUT2D eigenvalue weighted by Gasteiger charge is -2.32. The Kier molecular flexibility index (Phi) is 6.61. The molecule has 0 bridgehead atoms. The van der Waals surface area contributed by atoms with Gasteiger partial charge in [0, 0.05) is 32.6 Å². The topological polar surface area (TPSA) is 52.7 Å². The Morgan fingerprint density at radius 1 is 1.23 bits per heavy atom. The largest absolute Gasteiger partial charge is 0.355 e. The molecule has 2 aliphatic rings. The Balaban J connectivity index is 1.44. The molecule has 2 aliphatic heterocycles. The fourth-order valence-electron chi connectivity index (χ4n) is 3.79. The van der Waals surface area contributed by atoms with Crippen LogP contribution in [0, 0.1) is 11.7 Å². The number of carbonyl (C=O) groups is 2. The van der Waals surface area contributed by atoms with Crippen molar-refractivity contribution in [2.75, 3.05) is 39.3 Å². The Morgan fingerprint density at radius 2 is 2.04 bits per heavy atom. The van der Waals surface area contributed by atoms with Gasteiger partial charge in [-0.3, -0.25) is 9.59 Å². The van der Waals surface area contributed by atoms with E-state index in [0.717, 1.165) is 25.2 Å². The molecule has 3 rings (SSSR count). The summed E-state index contributed by atoms with van der Waals surface area (Å²) in [5, 5.41) is 3.03. The van der Waals surface area contributed by atoms with Crippen LogP contribution in [0.3, 0.4) is 0 Å². The van der Waals surface area contributed by atoms with E-state index in [0.29, 0.717) is 38.9 Å². The monoisotopic (exact) mass is 361 g/mol. The summed E-state index contributed by atoms with van der Waals surface area (Å²) < 4.78 is 13.3. The first-order valence-electron chi connectivity index (χ1n) is 9.64. The van der Waals surface area contributed by atoms with Crippen molar-refractivity contribution < 1.29 is 14.0 Å². The molecule has 2 saturated heterocycles. The van der Waals surface area contributed by atoms with Crippen LogP contribution in [-0.2, 0) is 16.0 Å². The molecule has 0 aliphatic carbocycles. The minimum atomic E-state index is -0.261. The van der Waals surface area contributed by atoms with Crippen LogP contribution >= 0.6 is 0 Å². The van der Waals surface area contributed by atoms with Crippen molar-refractivity contribution in [1.29, 1.82) is 0 Å². The number of nitrogens with zero attached hydrogens (tertiary/aromatic N) is 2. The molecule has 1 N–H and O–H groups in total. The fraction of sp³-hybridized carbons (Fsp3) is 0.600. The number of amides is 2. The first kappa shape index (κ1) is 18.8. The van der Waals surface area contributed by atoms with Gasteiger partial charge in [-0.1, -0.05) is 12.1 Å².